The molecule has 2 rings (SSSR count). The summed E-state index contributed by atoms with van der Waals surface area (Å²) in [7, 11) is 0. The molecule has 0 amide bonds. The highest BCUT2D eigenvalue weighted by Gasteiger charge is 2.21. The minimum Gasteiger partial charge on any atom is -0.493 e. The summed E-state index contributed by atoms with van der Waals surface area (Å²) in [5.74, 6) is 0.653. The first-order valence-electron chi connectivity index (χ1n) is 5.38. The molecule has 1 fully saturated rings. The second-order valence-electron chi connectivity index (χ2n) is 3.99. The molecule has 1 N–H and O–H groups in total. The smallest absolute Gasteiger partial charge is 0.328 e. The molecule has 3 heteroatoms. The van der Waals surface area contributed by atoms with Gasteiger partial charge in [-0.1, -0.05) is 12.1 Å². The molecule has 0 spiro atoms. The van der Waals surface area contributed by atoms with Crippen molar-refractivity contribution in [2.45, 2.75) is 12.8 Å². The Hall–Kier alpha value is -1.77. The first kappa shape index (κ1) is 10.7. The third kappa shape index (κ3) is 3.42. The molecule has 1 aromatic carbocycles. The van der Waals surface area contributed by atoms with Crippen LogP contribution < -0.4 is 4.74 Å². The Morgan fingerprint density at radius 2 is 2.06 bits per heavy atom. The van der Waals surface area contributed by atoms with Crippen LogP contribution in [0.4, 0.5) is 0 Å². The van der Waals surface area contributed by atoms with Gasteiger partial charge in [0.2, 0.25) is 0 Å². The van der Waals surface area contributed by atoms with Crippen molar-refractivity contribution >= 4 is 12.0 Å². The van der Waals surface area contributed by atoms with Crippen molar-refractivity contribution in [3.63, 3.8) is 0 Å². The van der Waals surface area contributed by atoms with Crippen LogP contribution in [0.1, 0.15) is 18.4 Å². The topological polar surface area (TPSA) is 46.5 Å². The zero-order chi connectivity index (χ0) is 11.4. The van der Waals surface area contributed by atoms with Gasteiger partial charge >= 0.3 is 5.97 Å². The molecular weight excluding hydrogens is 204 g/mol. The standard InChI is InChI=1S/C13H14O3/c14-13(15)8-5-10-3-6-12(7-4-10)16-9-11-1-2-11/h3-8,11H,1-2,9H2,(H,14,15)/b8-5+. The molecule has 0 heterocycles. The number of ether oxygens (including phenoxy) is 1. The number of carbonyl (C=O) groups is 1. The van der Waals surface area contributed by atoms with Gasteiger partial charge in [-0.15, -0.1) is 0 Å². The molecule has 1 aliphatic rings. The molecule has 16 heavy (non-hydrogen) atoms. The molecule has 1 aromatic rings. The molecule has 3 nitrogen and oxygen atoms in total. The monoisotopic (exact) mass is 218 g/mol. The maximum atomic E-state index is 10.3. The molecule has 0 atom stereocenters. The number of carboxylic acids is 1. The van der Waals surface area contributed by atoms with Gasteiger partial charge in [0.1, 0.15) is 5.75 Å². The molecule has 0 bridgehead atoms. The highest BCUT2D eigenvalue weighted by molar-refractivity contribution is 5.85. The fraction of sp³-hybridized carbons (Fsp3) is 0.308. The summed E-state index contributed by atoms with van der Waals surface area (Å²) in [6.45, 7) is 0.796. The number of rotatable bonds is 5. The van der Waals surface area contributed by atoms with E-state index in [2.05, 4.69) is 0 Å². The Morgan fingerprint density at radius 1 is 1.38 bits per heavy atom. The van der Waals surface area contributed by atoms with Gasteiger partial charge in [0, 0.05) is 6.08 Å². The molecule has 0 saturated heterocycles. The quantitative estimate of drug-likeness (QED) is 0.772. The third-order valence-corrected chi connectivity index (χ3v) is 2.48. The number of hydrogen-bond acceptors (Lipinski definition) is 2. The molecule has 0 radical (unpaired) electrons. The van der Waals surface area contributed by atoms with Gasteiger partial charge in [-0.3, -0.25) is 0 Å². The summed E-state index contributed by atoms with van der Waals surface area (Å²) in [4.78, 5) is 10.3. The first-order chi connectivity index (χ1) is 7.74. The van der Waals surface area contributed by atoms with Crippen LogP contribution in [0.15, 0.2) is 30.3 Å². The Kier molecular flexibility index (Phi) is 3.25. The van der Waals surface area contributed by atoms with Gasteiger partial charge in [0.15, 0.2) is 0 Å². The average molecular weight is 218 g/mol. The zero-order valence-corrected chi connectivity index (χ0v) is 8.93. The summed E-state index contributed by atoms with van der Waals surface area (Å²) in [5, 5.41) is 8.47. The minimum atomic E-state index is -0.936. The van der Waals surface area contributed by atoms with Gasteiger partial charge < -0.3 is 9.84 Å². The van der Waals surface area contributed by atoms with Crippen LogP contribution in [-0.2, 0) is 4.79 Å². The summed E-state index contributed by atoms with van der Waals surface area (Å²) >= 11 is 0. The Balaban J connectivity index is 1.89. The predicted octanol–water partition coefficient (Wildman–Crippen LogP) is 2.57. The molecular formula is C13H14O3. The second-order valence-corrected chi connectivity index (χ2v) is 3.99. The van der Waals surface area contributed by atoms with Crippen LogP contribution >= 0.6 is 0 Å². The van der Waals surface area contributed by atoms with Crippen LogP contribution in [0.5, 0.6) is 5.75 Å². The van der Waals surface area contributed by atoms with E-state index in [-0.39, 0.29) is 0 Å². The van der Waals surface area contributed by atoms with Gasteiger partial charge in [-0.25, -0.2) is 4.79 Å². The summed E-state index contributed by atoms with van der Waals surface area (Å²) in [5.41, 5.74) is 0.862. The number of carboxylic acid groups (broad SMARTS) is 1. The zero-order valence-electron chi connectivity index (χ0n) is 8.93. The fourth-order valence-corrected chi connectivity index (χ4v) is 1.34. The van der Waals surface area contributed by atoms with Crippen molar-refractivity contribution in [2.24, 2.45) is 5.92 Å². The van der Waals surface area contributed by atoms with Gasteiger partial charge in [0.05, 0.1) is 6.61 Å². The van der Waals surface area contributed by atoms with Gasteiger partial charge in [-0.2, -0.15) is 0 Å². The van der Waals surface area contributed by atoms with Gasteiger partial charge in [-0.05, 0) is 42.5 Å². The highest BCUT2D eigenvalue weighted by Crippen LogP contribution is 2.29. The second kappa shape index (κ2) is 4.84. The van der Waals surface area contributed by atoms with Crippen LogP contribution in [0.2, 0.25) is 0 Å². The number of hydrogen-bond donors (Lipinski definition) is 1. The predicted molar refractivity (Wildman–Crippen MR) is 61.3 cm³/mol. The normalized spacial score (nSPS) is 15.2. The van der Waals surface area contributed by atoms with E-state index in [1.165, 1.54) is 12.8 Å². The lowest BCUT2D eigenvalue weighted by atomic mass is 10.2. The maximum Gasteiger partial charge on any atom is 0.328 e. The minimum absolute atomic E-state index is 0.742. The fourth-order valence-electron chi connectivity index (χ4n) is 1.34. The largest absolute Gasteiger partial charge is 0.493 e. The summed E-state index contributed by atoms with van der Waals surface area (Å²) in [6.07, 6.45) is 5.24. The lowest BCUT2D eigenvalue weighted by Gasteiger charge is -2.04. The number of benzene rings is 1. The van der Waals surface area contributed by atoms with Crippen molar-refractivity contribution in [3.05, 3.63) is 35.9 Å². The molecule has 0 aliphatic heterocycles. The van der Waals surface area contributed by atoms with E-state index >= 15 is 0 Å². The van der Waals surface area contributed by atoms with E-state index in [1.54, 1.807) is 6.08 Å². The molecule has 0 aromatic heterocycles. The summed E-state index contributed by atoms with van der Waals surface area (Å²) in [6, 6.07) is 7.43. The summed E-state index contributed by atoms with van der Waals surface area (Å²) < 4.78 is 5.57. The Bertz CT molecular complexity index is 388. The first-order valence-corrected chi connectivity index (χ1v) is 5.38. The Labute approximate surface area is 94.4 Å². The lowest BCUT2D eigenvalue weighted by Crippen LogP contribution is -1.98. The van der Waals surface area contributed by atoms with Crippen LogP contribution in [0.3, 0.4) is 0 Å². The van der Waals surface area contributed by atoms with Crippen molar-refractivity contribution in [3.8, 4) is 5.75 Å². The maximum absolute atomic E-state index is 10.3. The van der Waals surface area contributed by atoms with Crippen molar-refractivity contribution in [1.82, 2.24) is 0 Å². The van der Waals surface area contributed by atoms with Crippen LogP contribution in [0, 0.1) is 5.92 Å². The SMILES string of the molecule is O=C(O)/C=C/c1ccc(OCC2CC2)cc1. The molecule has 1 saturated carbocycles. The van der Waals surface area contributed by atoms with Crippen molar-refractivity contribution in [2.75, 3.05) is 6.61 Å². The van der Waals surface area contributed by atoms with E-state index in [0.717, 1.165) is 29.9 Å². The lowest BCUT2D eigenvalue weighted by molar-refractivity contribution is -0.131. The van der Waals surface area contributed by atoms with E-state index < -0.39 is 5.97 Å². The number of aliphatic carboxylic acids is 1. The molecule has 84 valence electrons. The van der Waals surface area contributed by atoms with Gasteiger partial charge in [0.25, 0.3) is 0 Å². The van der Waals surface area contributed by atoms with E-state index in [4.69, 9.17) is 9.84 Å². The highest BCUT2D eigenvalue weighted by atomic mass is 16.5. The van der Waals surface area contributed by atoms with E-state index in [1.807, 2.05) is 24.3 Å². The van der Waals surface area contributed by atoms with Crippen LogP contribution in [0.25, 0.3) is 6.08 Å². The van der Waals surface area contributed by atoms with E-state index in [0.29, 0.717) is 0 Å². The molecule has 1 aliphatic carbocycles. The van der Waals surface area contributed by atoms with Crippen molar-refractivity contribution in [1.29, 1.82) is 0 Å². The third-order valence-electron chi connectivity index (χ3n) is 2.48. The van der Waals surface area contributed by atoms with Crippen LogP contribution in [-0.4, -0.2) is 17.7 Å². The average Bonchev–Trinajstić information content (AvgIpc) is 3.09. The Morgan fingerprint density at radius 3 is 2.62 bits per heavy atom. The van der Waals surface area contributed by atoms with Crippen molar-refractivity contribution < 1.29 is 14.6 Å². The molecule has 0 unspecified atom stereocenters. The van der Waals surface area contributed by atoms with E-state index in [9.17, 15) is 4.79 Å².